The monoisotopic (exact) mass is 274 g/mol. The molecule has 0 saturated carbocycles. The van der Waals surface area contributed by atoms with Crippen LogP contribution in [-0.2, 0) is 0 Å². The maximum atomic E-state index is 10.3. The Kier molecular flexibility index (Phi) is 8.23. The number of carboxylic acid groups (broad SMARTS) is 2. The maximum Gasteiger partial charge on any atom is 0.372 e. The van der Waals surface area contributed by atoms with Crippen LogP contribution >= 0.6 is 0 Å². The van der Waals surface area contributed by atoms with Gasteiger partial charge in [0, 0.05) is 0 Å². The largest absolute Gasteiger partial charge is 0.478 e. The average Bonchev–Trinajstić information content (AvgIpc) is 2.78. The quantitative estimate of drug-likeness (QED) is 0.457. The third-order valence-corrected chi connectivity index (χ3v) is 2.16. The van der Waals surface area contributed by atoms with Crippen LogP contribution in [0, 0.1) is 0 Å². The molecule has 0 amide bonds. The molecule has 1 heterocycles. The SMILES string of the molecule is CCCCCC(O)O.O=C(O)c1ccoc1C(=O)O. The van der Waals surface area contributed by atoms with E-state index >= 15 is 0 Å². The Labute approximate surface area is 110 Å². The second kappa shape index (κ2) is 9.12. The molecule has 0 atom stereocenters. The summed E-state index contributed by atoms with van der Waals surface area (Å²) in [5.74, 6) is -3.24. The predicted molar refractivity (Wildman–Crippen MR) is 65.0 cm³/mol. The van der Waals surface area contributed by atoms with Gasteiger partial charge in [-0.3, -0.25) is 0 Å². The van der Waals surface area contributed by atoms with Crippen LogP contribution in [0.2, 0.25) is 0 Å². The normalized spacial score (nSPS) is 9.89. The Hall–Kier alpha value is -1.86. The molecule has 0 radical (unpaired) electrons. The van der Waals surface area contributed by atoms with Crippen molar-refractivity contribution in [1.29, 1.82) is 0 Å². The van der Waals surface area contributed by atoms with Crippen LogP contribution in [0.4, 0.5) is 0 Å². The summed E-state index contributed by atoms with van der Waals surface area (Å²) in [6, 6.07) is 1.09. The molecule has 7 heteroatoms. The first kappa shape index (κ1) is 17.1. The first-order valence-electron chi connectivity index (χ1n) is 5.80. The lowest BCUT2D eigenvalue weighted by molar-refractivity contribution is -0.0465. The van der Waals surface area contributed by atoms with Crippen LogP contribution in [0.15, 0.2) is 16.7 Å². The van der Waals surface area contributed by atoms with Gasteiger partial charge in [-0.2, -0.15) is 0 Å². The fourth-order valence-electron chi connectivity index (χ4n) is 1.22. The smallest absolute Gasteiger partial charge is 0.372 e. The number of furan rings is 1. The molecule has 4 N–H and O–H groups in total. The van der Waals surface area contributed by atoms with Gasteiger partial charge in [-0.05, 0) is 18.9 Å². The van der Waals surface area contributed by atoms with E-state index in [2.05, 4.69) is 11.3 Å². The minimum atomic E-state index is -1.38. The summed E-state index contributed by atoms with van der Waals surface area (Å²) in [5, 5.41) is 33.4. The molecule has 1 rings (SSSR count). The highest BCUT2D eigenvalue weighted by Gasteiger charge is 2.18. The van der Waals surface area contributed by atoms with Gasteiger partial charge in [0.05, 0.1) is 6.26 Å². The number of carbonyl (C=O) groups is 2. The molecule has 0 aromatic carbocycles. The number of carboxylic acids is 2. The molecule has 0 fully saturated rings. The third kappa shape index (κ3) is 7.22. The van der Waals surface area contributed by atoms with Gasteiger partial charge in [0.2, 0.25) is 5.76 Å². The molecule has 0 aliphatic carbocycles. The predicted octanol–water partition coefficient (Wildman–Crippen LogP) is 1.55. The number of aliphatic hydroxyl groups excluding tert-OH is 1. The molecule has 0 aliphatic rings. The van der Waals surface area contributed by atoms with Crippen LogP contribution in [0.1, 0.15) is 53.5 Å². The fraction of sp³-hybridized carbons (Fsp3) is 0.500. The van der Waals surface area contributed by atoms with E-state index in [1.165, 1.54) is 0 Å². The van der Waals surface area contributed by atoms with Gasteiger partial charge in [0.15, 0.2) is 6.29 Å². The lowest BCUT2D eigenvalue weighted by atomic mass is 10.2. The molecule has 1 aromatic heterocycles. The van der Waals surface area contributed by atoms with E-state index in [4.69, 9.17) is 20.4 Å². The van der Waals surface area contributed by atoms with Crippen LogP contribution in [0.3, 0.4) is 0 Å². The van der Waals surface area contributed by atoms with E-state index in [1.807, 2.05) is 0 Å². The summed E-state index contributed by atoms with van der Waals surface area (Å²) in [4.78, 5) is 20.5. The molecule has 19 heavy (non-hydrogen) atoms. The molecule has 0 bridgehead atoms. The second-order valence-corrected chi connectivity index (χ2v) is 3.75. The van der Waals surface area contributed by atoms with Gasteiger partial charge >= 0.3 is 11.9 Å². The van der Waals surface area contributed by atoms with Gasteiger partial charge in [-0.1, -0.05) is 19.8 Å². The summed E-state index contributed by atoms with van der Waals surface area (Å²) in [6.45, 7) is 2.09. The maximum absolute atomic E-state index is 10.3. The topological polar surface area (TPSA) is 128 Å². The summed E-state index contributed by atoms with van der Waals surface area (Å²) in [6.07, 6.45) is 3.60. The molecule has 7 nitrogen and oxygen atoms in total. The number of aromatic carboxylic acids is 2. The van der Waals surface area contributed by atoms with E-state index in [9.17, 15) is 9.59 Å². The minimum Gasteiger partial charge on any atom is -0.478 e. The number of hydrogen-bond acceptors (Lipinski definition) is 5. The van der Waals surface area contributed by atoms with Gasteiger partial charge in [-0.25, -0.2) is 9.59 Å². The summed E-state index contributed by atoms with van der Waals surface area (Å²) in [5.41, 5.74) is -0.336. The lowest BCUT2D eigenvalue weighted by Gasteiger charge is -1.99. The van der Waals surface area contributed by atoms with Gasteiger partial charge < -0.3 is 24.8 Å². The number of rotatable bonds is 6. The van der Waals surface area contributed by atoms with Crippen LogP contribution in [0.25, 0.3) is 0 Å². The molecule has 108 valence electrons. The highest BCUT2D eigenvalue weighted by Crippen LogP contribution is 2.09. The summed E-state index contributed by atoms with van der Waals surface area (Å²) < 4.78 is 4.41. The van der Waals surface area contributed by atoms with Crippen molar-refractivity contribution < 1.29 is 34.4 Å². The molecule has 1 aromatic rings. The Morgan fingerprint density at radius 2 is 1.84 bits per heavy atom. The van der Waals surface area contributed by atoms with E-state index in [0.717, 1.165) is 31.6 Å². The summed E-state index contributed by atoms with van der Waals surface area (Å²) in [7, 11) is 0. The van der Waals surface area contributed by atoms with Gasteiger partial charge in [-0.15, -0.1) is 0 Å². The zero-order valence-corrected chi connectivity index (χ0v) is 10.6. The fourth-order valence-corrected chi connectivity index (χ4v) is 1.22. The first-order valence-corrected chi connectivity index (χ1v) is 5.80. The molecule has 0 unspecified atom stereocenters. The van der Waals surface area contributed by atoms with E-state index in [1.54, 1.807) is 0 Å². The van der Waals surface area contributed by atoms with Gasteiger partial charge in [0.25, 0.3) is 0 Å². The second-order valence-electron chi connectivity index (χ2n) is 3.75. The van der Waals surface area contributed by atoms with Crippen molar-refractivity contribution in [3.05, 3.63) is 23.7 Å². The van der Waals surface area contributed by atoms with E-state index < -0.39 is 24.0 Å². The van der Waals surface area contributed by atoms with E-state index in [-0.39, 0.29) is 5.56 Å². The highest BCUT2D eigenvalue weighted by atomic mass is 16.5. The van der Waals surface area contributed by atoms with Crippen molar-refractivity contribution in [1.82, 2.24) is 0 Å². The molecular weight excluding hydrogens is 256 g/mol. The molecular formula is C12H18O7. The van der Waals surface area contributed by atoms with Crippen molar-refractivity contribution in [2.24, 2.45) is 0 Å². The molecule has 0 spiro atoms. The zero-order valence-electron chi connectivity index (χ0n) is 10.6. The van der Waals surface area contributed by atoms with Crippen molar-refractivity contribution in [3.8, 4) is 0 Å². The minimum absolute atomic E-state index is 0.336. The Bertz CT molecular complexity index is 366. The van der Waals surface area contributed by atoms with Crippen molar-refractivity contribution in [2.75, 3.05) is 0 Å². The van der Waals surface area contributed by atoms with Crippen LogP contribution in [-0.4, -0.2) is 38.7 Å². The number of hydrogen-bond donors (Lipinski definition) is 4. The average molecular weight is 274 g/mol. The zero-order chi connectivity index (χ0) is 14.8. The van der Waals surface area contributed by atoms with Crippen LogP contribution in [0.5, 0.6) is 0 Å². The molecule has 0 saturated heterocycles. The summed E-state index contributed by atoms with van der Waals surface area (Å²) >= 11 is 0. The van der Waals surface area contributed by atoms with Crippen molar-refractivity contribution in [2.45, 2.75) is 38.9 Å². The van der Waals surface area contributed by atoms with Crippen molar-refractivity contribution >= 4 is 11.9 Å². The standard InChI is InChI=1S/C6H4O5.C6H14O2/c7-5(8)3-1-2-11-4(3)6(9)10;1-2-3-4-5-6(7)8/h1-2H,(H,7,8)(H,9,10);6-8H,2-5H2,1H3. The Morgan fingerprint density at radius 1 is 1.21 bits per heavy atom. The van der Waals surface area contributed by atoms with E-state index in [0.29, 0.717) is 6.42 Å². The van der Waals surface area contributed by atoms with Crippen LogP contribution < -0.4 is 0 Å². The Morgan fingerprint density at radius 3 is 2.21 bits per heavy atom. The first-order chi connectivity index (χ1) is 8.90. The third-order valence-electron chi connectivity index (χ3n) is 2.16. The van der Waals surface area contributed by atoms with Crippen molar-refractivity contribution in [3.63, 3.8) is 0 Å². The lowest BCUT2D eigenvalue weighted by Crippen LogP contribution is -2.03. The number of unbranched alkanes of at least 4 members (excludes halogenated alkanes) is 2. The highest BCUT2D eigenvalue weighted by molar-refractivity contribution is 5.99. The molecule has 0 aliphatic heterocycles. The van der Waals surface area contributed by atoms with Gasteiger partial charge in [0.1, 0.15) is 5.56 Å². The number of aliphatic hydroxyl groups is 2. The Balaban J connectivity index is 0.000000362.